The molecule has 0 bridgehead atoms. The molecule has 2 aromatic rings. The number of nitrogens with zero attached hydrogens (tertiary/aromatic N) is 1. The highest BCUT2D eigenvalue weighted by atomic mass is 79.9. The van der Waals surface area contributed by atoms with Crippen molar-refractivity contribution in [3.63, 3.8) is 0 Å². The number of rotatable bonds is 4. The van der Waals surface area contributed by atoms with Gasteiger partial charge < -0.3 is 5.32 Å². The number of thiophene rings is 1. The van der Waals surface area contributed by atoms with Gasteiger partial charge in [-0.15, -0.1) is 11.3 Å². The minimum atomic E-state index is -1.25. The summed E-state index contributed by atoms with van der Waals surface area (Å²) in [4.78, 5) is 11.0. The molecule has 0 spiro atoms. The van der Waals surface area contributed by atoms with Gasteiger partial charge in [0.15, 0.2) is 17.3 Å². The van der Waals surface area contributed by atoms with E-state index >= 15 is 0 Å². The summed E-state index contributed by atoms with van der Waals surface area (Å²) >= 11 is 4.71. The lowest BCUT2D eigenvalue weighted by atomic mass is 10.2. The molecular formula is C12H9BrF2N2O2S. The summed E-state index contributed by atoms with van der Waals surface area (Å²) in [6.45, 7) is 1.71. The predicted molar refractivity (Wildman–Crippen MR) is 77.1 cm³/mol. The van der Waals surface area contributed by atoms with E-state index in [0.717, 1.165) is 20.8 Å². The lowest BCUT2D eigenvalue weighted by Crippen LogP contribution is -2.09. The zero-order chi connectivity index (χ0) is 14.9. The Labute approximate surface area is 125 Å². The SMILES string of the molecule is CC(Nc1c([N+](=O)[O-])ccc(F)c1F)c1ccc(Br)s1. The van der Waals surface area contributed by atoms with Gasteiger partial charge in [-0.1, -0.05) is 0 Å². The van der Waals surface area contributed by atoms with Gasteiger partial charge in [-0.25, -0.2) is 8.78 Å². The number of hydrogen-bond acceptors (Lipinski definition) is 4. The Hall–Kier alpha value is -1.54. The fraction of sp³-hybridized carbons (Fsp3) is 0.167. The Bertz CT molecular complexity index is 663. The van der Waals surface area contributed by atoms with Crippen molar-refractivity contribution in [2.24, 2.45) is 0 Å². The molecule has 0 saturated carbocycles. The summed E-state index contributed by atoms with van der Waals surface area (Å²) in [7, 11) is 0. The van der Waals surface area contributed by atoms with Gasteiger partial charge in [0.05, 0.1) is 14.8 Å². The van der Waals surface area contributed by atoms with Crippen molar-refractivity contribution in [3.8, 4) is 0 Å². The minimum absolute atomic E-state index is 0.388. The van der Waals surface area contributed by atoms with Crippen molar-refractivity contribution in [1.29, 1.82) is 0 Å². The molecule has 0 amide bonds. The number of nitro groups is 1. The van der Waals surface area contributed by atoms with Crippen molar-refractivity contribution >= 4 is 38.6 Å². The Morgan fingerprint density at radius 2 is 2.05 bits per heavy atom. The number of nitrogens with one attached hydrogen (secondary N) is 1. The van der Waals surface area contributed by atoms with E-state index in [4.69, 9.17) is 0 Å². The molecule has 1 unspecified atom stereocenters. The summed E-state index contributed by atoms with van der Waals surface area (Å²) < 4.78 is 27.9. The minimum Gasteiger partial charge on any atom is -0.370 e. The monoisotopic (exact) mass is 362 g/mol. The first-order valence-electron chi connectivity index (χ1n) is 5.54. The molecule has 1 aromatic carbocycles. The van der Waals surface area contributed by atoms with Gasteiger partial charge in [0.2, 0.25) is 0 Å². The predicted octanol–water partition coefficient (Wildman–Crippen LogP) is 4.87. The van der Waals surface area contributed by atoms with Crippen molar-refractivity contribution in [2.45, 2.75) is 13.0 Å². The molecule has 1 N–H and O–H groups in total. The average molecular weight is 363 g/mol. The third kappa shape index (κ3) is 2.96. The number of nitro benzene ring substituents is 1. The molecule has 106 valence electrons. The van der Waals surface area contributed by atoms with Crippen LogP contribution >= 0.6 is 27.3 Å². The Morgan fingerprint density at radius 1 is 1.35 bits per heavy atom. The van der Waals surface area contributed by atoms with E-state index in [1.807, 2.05) is 6.07 Å². The van der Waals surface area contributed by atoms with E-state index in [1.54, 1.807) is 13.0 Å². The number of anilines is 1. The highest BCUT2D eigenvalue weighted by molar-refractivity contribution is 9.11. The molecule has 1 atom stereocenters. The number of halogens is 3. The Balaban J connectivity index is 2.37. The second-order valence-electron chi connectivity index (χ2n) is 4.02. The molecule has 0 saturated heterocycles. The van der Waals surface area contributed by atoms with Crippen LogP contribution in [0.5, 0.6) is 0 Å². The van der Waals surface area contributed by atoms with E-state index in [2.05, 4.69) is 21.2 Å². The van der Waals surface area contributed by atoms with Gasteiger partial charge >= 0.3 is 0 Å². The van der Waals surface area contributed by atoms with Crippen molar-refractivity contribution < 1.29 is 13.7 Å². The van der Waals surface area contributed by atoms with E-state index in [0.29, 0.717) is 0 Å². The number of benzene rings is 1. The van der Waals surface area contributed by atoms with Crippen LogP contribution in [0.25, 0.3) is 0 Å². The summed E-state index contributed by atoms with van der Waals surface area (Å²) in [5.74, 6) is -2.38. The van der Waals surface area contributed by atoms with Crippen molar-refractivity contribution in [2.75, 3.05) is 5.32 Å². The maximum Gasteiger partial charge on any atom is 0.295 e. The molecule has 0 fully saturated rings. The molecule has 1 heterocycles. The summed E-state index contributed by atoms with van der Waals surface area (Å²) in [6, 6.07) is 4.91. The first kappa shape index (κ1) is 14.9. The van der Waals surface area contributed by atoms with E-state index < -0.39 is 27.9 Å². The van der Waals surface area contributed by atoms with Crippen molar-refractivity contribution in [3.05, 3.63) is 54.7 Å². The van der Waals surface area contributed by atoms with Crippen LogP contribution in [0, 0.1) is 21.7 Å². The van der Waals surface area contributed by atoms with Gasteiger partial charge in [0, 0.05) is 10.9 Å². The van der Waals surface area contributed by atoms with Gasteiger partial charge in [-0.2, -0.15) is 0 Å². The van der Waals surface area contributed by atoms with Gasteiger partial charge in [-0.05, 0) is 41.1 Å². The first-order valence-corrected chi connectivity index (χ1v) is 7.15. The van der Waals surface area contributed by atoms with Gasteiger partial charge in [0.1, 0.15) is 0 Å². The zero-order valence-electron chi connectivity index (χ0n) is 10.2. The largest absolute Gasteiger partial charge is 0.370 e. The standard InChI is InChI=1S/C12H9BrF2N2O2S/c1-6(9-4-5-10(13)20-9)16-12-8(17(18)19)3-2-7(14)11(12)15/h2-6,16H,1H3. The topological polar surface area (TPSA) is 55.2 Å². The molecule has 0 aliphatic rings. The molecular weight excluding hydrogens is 354 g/mol. The quantitative estimate of drug-likeness (QED) is 0.623. The van der Waals surface area contributed by atoms with E-state index in [-0.39, 0.29) is 6.04 Å². The van der Waals surface area contributed by atoms with Crippen LogP contribution in [0.1, 0.15) is 17.8 Å². The van der Waals surface area contributed by atoms with Crippen LogP contribution in [0.4, 0.5) is 20.2 Å². The molecule has 20 heavy (non-hydrogen) atoms. The summed E-state index contributed by atoms with van der Waals surface area (Å²) in [5, 5.41) is 13.5. The van der Waals surface area contributed by atoms with Crippen LogP contribution in [0.2, 0.25) is 0 Å². The molecule has 8 heteroatoms. The smallest absolute Gasteiger partial charge is 0.295 e. The van der Waals surface area contributed by atoms with Gasteiger partial charge in [-0.3, -0.25) is 10.1 Å². The van der Waals surface area contributed by atoms with Crippen LogP contribution in [-0.4, -0.2) is 4.92 Å². The van der Waals surface area contributed by atoms with Crippen LogP contribution < -0.4 is 5.32 Å². The van der Waals surface area contributed by atoms with Crippen LogP contribution in [-0.2, 0) is 0 Å². The fourth-order valence-corrected chi connectivity index (χ4v) is 3.10. The maximum absolute atomic E-state index is 13.8. The van der Waals surface area contributed by atoms with E-state index in [1.165, 1.54) is 11.3 Å². The molecule has 0 radical (unpaired) electrons. The molecule has 4 nitrogen and oxygen atoms in total. The summed E-state index contributed by atoms with van der Waals surface area (Å²) in [5.41, 5.74) is -0.932. The lowest BCUT2D eigenvalue weighted by molar-refractivity contribution is -0.384. The average Bonchev–Trinajstić information content (AvgIpc) is 2.81. The highest BCUT2D eigenvalue weighted by Gasteiger charge is 2.23. The third-order valence-corrected chi connectivity index (χ3v) is 4.46. The fourth-order valence-electron chi connectivity index (χ4n) is 1.68. The second kappa shape index (κ2) is 5.84. The summed E-state index contributed by atoms with van der Waals surface area (Å²) in [6.07, 6.45) is 0. The lowest BCUT2D eigenvalue weighted by Gasteiger charge is -2.14. The highest BCUT2D eigenvalue weighted by Crippen LogP contribution is 2.34. The normalized spacial score (nSPS) is 12.2. The van der Waals surface area contributed by atoms with Crippen LogP contribution in [0.15, 0.2) is 28.1 Å². The maximum atomic E-state index is 13.8. The Morgan fingerprint density at radius 3 is 2.60 bits per heavy atom. The van der Waals surface area contributed by atoms with Gasteiger partial charge in [0.25, 0.3) is 5.69 Å². The molecule has 1 aromatic heterocycles. The van der Waals surface area contributed by atoms with Crippen molar-refractivity contribution in [1.82, 2.24) is 0 Å². The van der Waals surface area contributed by atoms with Crippen LogP contribution in [0.3, 0.4) is 0 Å². The number of hydrogen-bond donors (Lipinski definition) is 1. The second-order valence-corrected chi connectivity index (χ2v) is 6.52. The Kier molecular flexibility index (Phi) is 4.34. The molecule has 2 rings (SSSR count). The zero-order valence-corrected chi connectivity index (χ0v) is 12.6. The first-order chi connectivity index (χ1) is 9.40. The third-order valence-electron chi connectivity index (χ3n) is 2.65. The molecule has 0 aliphatic carbocycles. The van der Waals surface area contributed by atoms with E-state index in [9.17, 15) is 18.9 Å². The molecule has 0 aliphatic heterocycles.